The van der Waals surface area contributed by atoms with E-state index in [1.165, 1.54) is 0 Å². The Hall–Kier alpha value is -3.98. The van der Waals surface area contributed by atoms with Crippen LogP contribution >= 0.6 is 11.3 Å². The van der Waals surface area contributed by atoms with Gasteiger partial charge in [-0.3, -0.25) is 9.59 Å². The van der Waals surface area contributed by atoms with Gasteiger partial charge < -0.3 is 19.8 Å². The molecule has 2 aromatic carbocycles. The number of amides is 2. The number of benzene rings is 2. The summed E-state index contributed by atoms with van der Waals surface area (Å²) in [6, 6.07) is 19.5. The molecule has 0 aliphatic rings. The van der Waals surface area contributed by atoms with Gasteiger partial charge in [0, 0.05) is 11.3 Å². The minimum absolute atomic E-state index is 0.229. The lowest BCUT2D eigenvalue weighted by molar-refractivity contribution is 0.0947. The summed E-state index contributed by atoms with van der Waals surface area (Å²) in [6.07, 6.45) is 1.55. The average molecular weight is 434 g/mol. The van der Waals surface area contributed by atoms with E-state index in [0.29, 0.717) is 28.6 Å². The number of para-hydroxylation sites is 1. The number of hydrogen-bond donors (Lipinski definition) is 2. The highest BCUT2D eigenvalue weighted by Crippen LogP contribution is 2.17. The van der Waals surface area contributed by atoms with Crippen LogP contribution in [0.5, 0.6) is 5.75 Å². The lowest BCUT2D eigenvalue weighted by Gasteiger charge is -2.06. The third-order valence-corrected chi connectivity index (χ3v) is 5.07. The Morgan fingerprint density at radius 3 is 2.48 bits per heavy atom. The zero-order chi connectivity index (χ0) is 21.5. The number of nitrogens with one attached hydrogen (secondary N) is 2. The van der Waals surface area contributed by atoms with Crippen molar-refractivity contribution in [2.75, 3.05) is 5.32 Å². The summed E-state index contributed by atoms with van der Waals surface area (Å²) in [4.78, 5) is 24.6. The third kappa shape index (κ3) is 5.55. The van der Waals surface area contributed by atoms with Crippen molar-refractivity contribution in [1.82, 2.24) is 15.5 Å². The van der Waals surface area contributed by atoms with Crippen molar-refractivity contribution < 1.29 is 18.7 Å². The molecule has 0 aliphatic heterocycles. The number of nitrogens with zero attached hydrogens (tertiary/aromatic N) is 2. The Bertz CT molecular complexity index is 1140. The molecule has 2 aromatic heterocycles. The Labute approximate surface area is 181 Å². The number of aromatic nitrogens is 2. The van der Waals surface area contributed by atoms with Crippen molar-refractivity contribution in [3.05, 3.63) is 94.3 Å². The summed E-state index contributed by atoms with van der Waals surface area (Å²) in [5.41, 5.74) is 1.02. The van der Waals surface area contributed by atoms with E-state index in [0.717, 1.165) is 17.1 Å². The van der Waals surface area contributed by atoms with Crippen LogP contribution in [0.1, 0.15) is 30.9 Å². The lowest BCUT2D eigenvalue weighted by Crippen LogP contribution is -2.22. The van der Waals surface area contributed by atoms with Crippen LogP contribution in [0.2, 0.25) is 0 Å². The highest BCUT2D eigenvalue weighted by Gasteiger charge is 2.14. The molecule has 156 valence electrons. The maximum Gasteiger partial charge on any atom is 0.286 e. The molecule has 4 aromatic rings. The first-order valence-electron chi connectivity index (χ1n) is 9.39. The number of rotatable bonds is 8. The molecular weight excluding hydrogens is 416 g/mol. The van der Waals surface area contributed by atoms with E-state index in [1.54, 1.807) is 42.7 Å². The molecule has 2 N–H and O–H groups in total. The van der Waals surface area contributed by atoms with Crippen molar-refractivity contribution in [2.45, 2.75) is 13.2 Å². The summed E-state index contributed by atoms with van der Waals surface area (Å²) in [6.45, 7) is 0.536. The second kappa shape index (κ2) is 9.68. The highest BCUT2D eigenvalue weighted by atomic mass is 32.1. The van der Waals surface area contributed by atoms with E-state index in [9.17, 15) is 9.59 Å². The number of carbonyl (C=O) groups excluding carboxylic acids is 2. The molecule has 0 spiro atoms. The van der Waals surface area contributed by atoms with Gasteiger partial charge in [-0.2, -0.15) is 0 Å². The third-order valence-electron chi connectivity index (χ3n) is 4.17. The summed E-state index contributed by atoms with van der Waals surface area (Å²) in [7, 11) is 0. The molecule has 0 radical (unpaired) electrons. The maximum atomic E-state index is 12.4. The number of anilines is 1. The van der Waals surface area contributed by atoms with E-state index in [-0.39, 0.29) is 23.4 Å². The summed E-state index contributed by atoms with van der Waals surface area (Å²) in [5, 5.41) is 14.3. The molecule has 2 amide bonds. The van der Waals surface area contributed by atoms with Gasteiger partial charge in [-0.1, -0.05) is 29.5 Å². The molecule has 0 atom stereocenters. The second-order valence-corrected chi connectivity index (χ2v) is 7.46. The molecule has 0 saturated carbocycles. The minimum Gasteiger partial charge on any atom is -0.486 e. The molecular formula is C22H18N4O4S. The molecule has 0 aliphatic carbocycles. The molecule has 31 heavy (non-hydrogen) atoms. The molecule has 0 fully saturated rings. The average Bonchev–Trinajstić information content (AvgIpc) is 3.49. The Kier molecular flexibility index (Phi) is 6.34. The van der Waals surface area contributed by atoms with Crippen LogP contribution in [0.25, 0.3) is 0 Å². The number of furan rings is 1. The van der Waals surface area contributed by atoms with E-state index >= 15 is 0 Å². The molecule has 4 rings (SSSR count). The van der Waals surface area contributed by atoms with Crippen LogP contribution < -0.4 is 15.4 Å². The van der Waals surface area contributed by atoms with Crippen LogP contribution in [-0.4, -0.2) is 22.0 Å². The van der Waals surface area contributed by atoms with Crippen molar-refractivity contribution in [3.63, 3.8) is 0 Å². The van der Waals surface area contributed by atoms with Gasteiger partial charge in [0.05, 0.1) is 12.8 Å². The van der Waals surface area contributed by atoms with E-state index in [2.05, 4.69) is 20.8 Å². The van der Waals surface area contributed by atoms with Crippen molar-refractivity contribution >= 4 is 28.8 Å². The van der Waals surface area contributed by atoms with Crippen molar-refractivity contribution in [1.29, 1.82) is 0 Å². The first kappa shape index (κ1) is 20.3. The van der Waals surface area contributed by atoms with Crippen molar-refractivity contribution in [3.8, 4) is 5.75 Å². The normalized spacial score (nSPS) is 10.5. The predicted octanol–water partition coefficient (Wildman–Crippen LogP) is 3.89. The number of carbonyl (C=O) groups is 2. The van der Waals surface area contributed by atoms with Gasteiger partial charge in [-0.25, -0.2) is 0 Å². The Morgan fingerprint density at radius 1 is 0.935 bits per heavy atom. The first-order valence-corrected chi connectivity index (χ1v) is 10.2. The Balaban J connectivity index is 1.29. The lowest BCUT2D eigenvalue weighted by atomic mass is 10.2. The minimum atomic E-state index is -0.376. The fourth-order valence-electron chi connectivity index (χ4n) is 2.64. The van der Waals surface area contributed by atoms with Crippen LogP contribution in [0.15, 0.2) is 77.4 Å². The standard InChI is InChI=1S/C22H18N4O4S/c27-20(23-13-18-7-4-12-29-18)15-8-10-16(11-9-15)24-21(28)22-26-25-19(31-22)14-30-17-5-2-1-3-6-17/h1-12H,13-14H2,(H,23,27)(H,24,28). The fourth-order valence-corrected chi connectivity index (χ4v) is 3.29. The second-order valence-electron chi connectivity index (χ2n) is 6.40. The van der Waals surface area contributed by atoms with Crippen LogP contribution in [0.3, 0.4) is 0 Å². The quantitative estimate of drug-likeness (QED) is 0.436. The summed E-state index contributed by atoms with van der Waals surface area (Å²) < 4.78 is 10.8. The van der Waals surface area contributed by atoms with Crippen LogP contribution in [0.4, 0.5) is 5.69 Å². The monoisotopic (exact) mass is 434 g/mol. The zero-order valence-corrected chi connectivity index (χ0v) is 17.1. The highest BCUT2D eigenvalue weighted by molar-refractivity contribution is 7.13. The molecule has 8 nitrogen and oxygen atoms in total. The largest absolute Gasteiger partial charge is 0.486 e. The van der Waals surface area contributed by atoms with E-state index in [4.69, 9.17) is 9.15 Å². The first-order chi connectivity index (χ1) is 15.2. The van der Waals surface area contributed by atoms with Gasteiger partial charge in [0.25, 0.3) is 11.8 Å². The SMILES string of the molecule is O=C(NCc1ccco1)c1ccc(NC(=O)c2nnc(COc3ccccc3)s2)cc1. The van der Waals surface area contributed by atoms with Crippen molar-refractivity contribution in [2.24, 2.45) is 0 Å². The fraction of sp³-hybridized carbons (Fsp3) is 0.0909. The predicted molar refractivity (Wildman–Crippen MR) is 115 cm³/mol. The van der Waals surface area contributed by atoms with Crippen LogP contribution in [0, 0.1) is 0 Å². The molecule has 0 unspecified atom stereocenters. The summed E-state index contributed by atoms with van der Waals surface area (Å²) in [5.74, 6) is 0.778. The summed E-state index contributed by atoms with van der Waals surface area (Å²) >= 11 is 1.16. The smallest absolute Gasteiger partial charge is 0.286 e. The maximum absolute atomic E-state index is 12.4. The molecule has 2 heterocycles. The number of hydrogen-bond acceptors (Lipinski definition) is 7. The van der Waals surface area contributed by atoms with Gasteiger partial charge in [0.1, 0.15) is 18.1 Å². The Morgan fingerprint density at radius 2 is 1.74 bits per heavy atom. The van der Waals surface area contributed by atoms with E-state index < -0.39 is 0 Å². The molecule has 9 heteroatoms. The zero-order valence-electron chi connectivity index (χ0n) is 16.3. The van der Waals surface area contributed by atoms with Crippen LogP contribution in [-0.2, 0) is 13.2 Å². The van der Waals surface area contributed by atoms with E-state index in [1.807, 2.05) is 30.3 Å². The molecule has 0 saturated heterocycles. The van der Waals surface area contributed by atoms with Gasteiger partial charge in [0.2, 0.25) is 5.01 Å². The molecule has 0 bridgehead atoms. The van der Waals surface area contributed by atoms with Gasteiger partial charge >= 0.3 is 0 Å². The van der Waals surface area contributed by atoms with Gasteiger partial charge in [0.15, 0.2) is 5.01 Å². The van der Waals surface area contributed by atoms with Gasteiger partial charge in [-0.15, -0.1) is 10.2 Å². The van der Waals surface area contributed by atoms with Gasteiger partial charge in [-0.05, 0) is 48.5 Å². The number of ether oxygens (including phenoxy) is 1. The topological polar surface area (TPSA) is 106 Å².